The van der Waals surface area contributed by atoms with Crippen molar-refractivity contribution in [3.8, 4) is 5.75 Å². The van der Waals surface area contributed by atoms with Crippen molar-refractivity contribution >= 4 is 29.2 Å². The van der Waals surface area contributed by atoms with Crippen LogP contribution in [0, 0.1) is 0 Å². The van der Waals surface area contributed by atoms with Gasteiger partial charge in [-0.15, -0.1) is 0 Å². The van der Waals surface area contributed by atoms with Crippen LogP contribution >= 0.6 is 0 Å². The summed E-state index contributed by atoms with van der Waals surface area (Å²) >= 11 is 0. The monoisotopic (exact) mass is 458 g/mol. The Hall–Kier alpha value is -4.33. The molecule has 1 fully saturated rings. The van der Waals surface area contributed by atoms with Gasteiger partial charge in [-0.3, -0.25) is 9.59 Å². The Morgan fingerprint density at radius 1 is 0.706 bits per heavy atom. The van der Waals surface area contributed by atoms with E-state index in [0.717, 1.165) is 0 Å². The molecule has 8 heteroatoms. The summed E-state index contributed by atoms with van der Waals surface area (Å²) in [6.07, 6.45) is 0. The molecule has 3 aromatic rings. The van der Waals surface area contributed by atoms with Crippen molar-refractivity contribution in [3.05, 3.63) is 90.0 Å². The van der Waals surface area contributed by atoms with Gasteiger partial charge in [0.05, 0.1) is 7.11 Å². The van der Waals surface area contributed by atoms with E-state index in [1.165, 1.54) is 0 Å². The highest BCUT2D eigenvalue weighted by Gasteiger charge is 2.25. The van der Waals surface area contributed by atoms with E-state index >= 15 is 0 Å². The van der Waals surface area contributed by atoms with Crippen LogP contribution in [0.4, 0.5) is 16.2 Å². The number of hydrogen-bond acceptors (Lipinski definition) is 4. The lowest BCUT2D eigenvalue weighted by atomic mass is 10.1. The standard InChI is InChI=1S/C26H26N4O4/c1-34-23-12-5-9-20(17-23)25(32)29-13-15-30(16-14-29)26(33)28-22-11-6-10-21(18-22)27-24(31)19-7-3-2-4-8-19/h2-12,17-18H,13-16H2,1H3,(H,27,31)(H,28,33). The number of methoxy groups -OCH3 is 1. The Morgan fingerprint density at radius 3 is 2.03 bits per heavy atom. The van der Waals surface area contributed by atoms with Crippen molar-refractivity contribution < 1.29 is 19.1 Å². The molecule has 1 aliphatic rings. The van der Waals surface area contributed by atoms with Crippen LogP contribution in [0.25, 0.3) is 0 Å². The van der Waals surface area contributed by atoms with Gasteiger partial charge in [-0.1, -0.05) is 30.3 Å². The molecule has 4 rings (SSSR count). The molecule has 8 nitrogen and oxygen atoms in total. The van der Waals surface area contributed by atoms with E-state index in [-0.39, 0.29) is 17.8 Å². The van der Waals surface area contributed by atoms with Gasteiger partial charge in [-0.25, -0.2) is 4.79 Å². The van der Waals surface area contributed by atoms with Gasteiger partial charge in [0, 0.05) is 48.7 Å². The van der Waals surface area contributed by atoms with E-state index in [2.05, 4.69) is 10.6 Å². The number of rotatable bonds is 5. The zero-order valence-electron chi connectivity index (χ0n) is 18.9. The highest BCUT2D eigenvalue weighted by Crippen LogP contribution is 2.18. The number of amides is 4. The number of piperazine rings is 1. The predicted octanol–water partition coefficient (Wildman–Crippen LogP) is 3.94. The first-order valence-corrected chi connectivity index (χ1v) is 11.0. The molecule has 3 aromatic carbocycles. The summed E-state index contributed by atoms with van der Waals surface area (Å²) in [6.45, 7) is 1.73. The van der Waals surface area contributed by atoms with Gasteiger partial charge >= 0.3 is 6.03 Å². The fourth-order valence-electron chi connectivity index (χ4n) is 3.72. The molecule has 174 valence electrons. The third-order valence-corrected chi connectivity index (χ3v) is 5.58. The minimum Gasteiger partial charge on any atom is -0.497 e. The maximum Gasteiger partial charge on any atom is 0.321 e. The van der Waals surface area contributed by atoms with Gasteiger partial charge in [0.15, 0.2) is 0 Å². The van der Waals surface area contributed by atoms with Crippen molar-refractivity contribution in [1.82, 2.24) is 9.80 Å². The Labute approximate surface area is 198 Å². The molecule has 0 unspecified atom stereocenters. The third kappa shape index (κ3) is 5.53. The van der Waals surface area contributed by atoms with Crippen LogP contribution in [0.5, 0.6) is 5.75 Å². The average molecular weight is 459 g/mol. The number of carbonyl (C=O) groups excluding carboxylic acids is 3. The molecule has 0 saturated carbocycles. The Balaban J connectivity index is 1.31. The van der Waals surface area contributed by atoms with Crippen LogP contribution in [-0.2, 0) is 0 Å². The van der Waals surface area contributed by atoms with Crippen LogP contribution in [-0.4, -0.2) is 60.9 Å². The molecule has 0 radical (unpaired) electrons. The van der Waals surface area contributed by atoms with Crippen LogP contribution in [0.2, 0.25) is 0 Å². The number of nitrogens with zero attached hydrogens (tertiary/aromatic N) is 2. The Kier molecular flexibility index (Phi) is 7.07. The van der Waals surface area contributed by atoms with Crippen molar-refractivity contribution in [1.29, 1.82) is 0 Å². The van der Waals surface area contributed by atoms with Crippen LogP contribution in [0.3, 0.4) is 0 Å². The van der Waals surface area contributed by atoms with Crippen molar-refractivity contribution in [2.75, 3.05) is 43.9 Å². The quantitative estimate of drug-likeness (QED) is 0.606. The maximum absolute atomic E-state index is 12.8. The molecule has 34 heavy (non-hydrogen) atoms. The smallest absolute Gasteiger partial charge is 0.321 e. The second kappa shape index (κ2) is 10.5. The van der Waals surface area contributed by atoms with Gasteiger partial charge in [0.1, 0.15) is 5.75 Å². The predicted molar refractivity (Wildman–Crippen MR) is 130 cm³/mol. The number of benzene rings is 3. The average Bonchev–Trinajstić information content (AvgIpc) is 2.89. The summed E-state index contributed by atoms with van der Waals surface area (Å²) in [6, 6.07) is 22.7. The minimum atomic E-state index is -0.250. The zero-order chi connectivity index (χ0) is 23.9. The van der Waals surface area contributed by atoms with Gasteiger partial charge in [0.2, 0.25) is 0 Å². The Bertz CT molecular complexity index is 1170. The second-order valence-corrected chi connectivity index (χ2v) is 7.84. The number of anilines is 2. The molecule has 0 bridgehead atoms. The first-order chi connectivity index (χ1) is 16.5. The molecule has 1 saturated heterocycles. The van der Waals surface area contributed by atoms with E-state index in [9.17, 15) is 14.4 Å². The van der Waals surface area contributed by atoms with Crippen molar-refractivity contribution in [2.45, 2.75) is 0 Å². The molecule has 1 aliphatic heterocycles. The second-order valence-electron chi connectivity index (χ2n) is 7.84. The Morgan fingerprint density at radius 2 is 1.32 bits per heavy atom. The molecule has 2 N–H and O–H groups in total. The number of urea groups is 1. The van der Waals surface area contributed by atoms with Crippen LogP contribution in [0.1, 0.15) is 20.7 Å². The molecule has 0 aliphatic carbocycles. The minimum absolute atomic E-state index is 0.0826. The van der Waals surface area contributed by atoms with Crippen LogP contribution in [0.15, 0.2) is 78.9 Å². The maximum atomic E-state index is 12.8. The van der Waals surface area contributed by atoms with E-state index in [4.69, 9.17) is 4.74 Å². The summed E-state index contributed by atoms with van der Waals surface area (Å²) in [5.41, 5.74) is 2.27. The first kappa shape index (κ1) is 22.8. The van der Waals surface area contributed by atoms with E-state index in [1.54, 1.807) is 89.7 Å². The van der Waals surface area contributed by atoms with Gasteiger partial charge in [-0.2, -0.15) is 0 Å². The lowest BCUT2D eigenvalue weighted by Crippen LogP contribution is -2.51. The van der Waals surface area contributed by atoms with Crippen molar-refractivity contribution in [2.24, 2.45) is 0 Å². The fourth-order valence-corrected chi connectivity index (χ4v) is 3.72. The summed E-state index contributed by atoms with van der Waals surface area (Å²) < 4.78 is 5.19. The molecule has 0 aromatic heterocycles. The lowest BCUT2D eigenvalue weighted by Gasteiger charge is -2.34. The zero-order valence-corrected chi connectivity index (χ0v) is 18.9. The van der Waals surface area contributed by atoms with Crippen molar-refractivity contribution in [3.63, 3.8) is 0 Å². The van der Waals surface area contributed by atoms with Crippen LogP contribution < -0.4 is 15.4 Å². The van der Waals surface area contributed by atoms with Gasteiger partial charge in [0.25, 0.3) is 11.8 Å². The van der Waals surface area contributed by atoms with Gasteiger partial charge < -0.3 is 25.2 Å². The third-order valence-electron chi connectivity index (χ3n) is 5.58. The largest absolute Gasteiger partial charge is 0.497 e. The highest BCUT2D eigenvalue weighted by atomic mass is 16.5. The normalized spacial score (nSPS) is 13.2. The lowest BCUT2D eigenvalue weighted by molar-refractivity contribution is 0.0671. The number of carbonyl (C=O) groups is 3. The topological polar surface area (TPSA) is 91.0 Å². The number of hydrogen-bond donors (Lipinski definition) is 2. The van der Waals surface area contributed by atoms with Gasteiger partial charge in [-0.05, 0) is 48.5 Å². The molecule has 1 heterocycles. The highest BCUT2D eigenvalue weighted by molar-refractivity contribution is 6.04. The summed E-state index contributed by atoms with van der Waals surface area (Å²) in [5.74, 6) is 0.327. The SMILES string of the molecule is COc1cccc(C(=O)N2CCN(C(=O)Nc3cccc(NC(=O)c4ccccc4)c3)CC2)c1. The summed E-state index contributed by atoms with van der Waals surface area (Å²) in [5, 5.41) is 5.71. The number of nitrogens with one attached hydrogen (secondary N) is 2. The summed E-state index contributed by atoms with van der Waals surface area (Å²) in [4.78, 5) is 41.3. The van der Waals surface area contributed by atoms with E-state index < -0.39 is 0 Å². The summed E-state index contributed by atoms with van der Waals surface area (Å²) in [7, 11) is 1.56. The fraction of sp³-hybridized carbons (Fsp3) is 0.192. The molecule has 4 amide bonds. The molecule has 0 spiro atoms. The molecular formula is C26H26N4O4. The number of ether oxygens (including phenoxy) is 1. The molecular weight excluding hydrogens is 432 g/mol. The first-order valence-electron chi connectivity index (χ1n) is 11.0. The van der Waals surface area contributed by atoms with E-state index in [0.29, 0.717) is 54.4 Å². The van der Waals surface area contributed by atoms with E-state index in [1.807, 2.05) is 6.07 Å². The molecule has 0 atom stereocenters.